The van der Waals surface area contributed by atoms with Gasteiger partial charge >= 0.3 is 5.97 Å². The van der Waals surface area contributed by atoms with E-state index in [4.69, 9.17) is 16.3 Å². The second-order valence-electron chi connectivity index (χ2n) is 7.39. The molecule has 0 aliphatic rings. The highest BCUT2D eigenvalue weighted by molar-refractivity contribution is 6.33. The third-order valence-corrected chi connectivity index (χ3v) is 5.49. The first-order chi connectivity index (χ1) is 16.0. The van der Waals surface area contributed by atoms with Crippen LogP contribution in [0.25, 0.3) is 22.3 Å². The van der Waals surface area contributed by atoms with Gasteiger partial charge in [-0.2, -0.15) is 0 Å². The van der Waals surface area contributed by atoms with Gasteiger partial charge in [0.2, 0.25) is 0 Å². The molecule has 0 aliphatic heterocycles. The minimum absolute atomic E-state index is 0.287. The highest BCUT2D eigenvalue weighted by atomic mass is 35.5. The smallest absolute Gasteiger partial charge is 0.338 e. The third-order valence-electron chi connectivity index (χ3n) is 5.16. The van der Waals surface area contributed by atoms with Gasteiger partial charge in [-0.1, -0.05) is 72.3 Å². The Labute approximate surface area is 197 Å². The van der Waals surface area contributed by atoms with Gasteiger partial charge in [0.25, 0.3) is 5.91 Å². The minimum Gasteiger partial charge on any atom is -0.462 e. The Hall–Kier alpha value is -3.89. The zero-order chi connectivity index (χ0) is 23.2. The molecular weight excluding hydrogens is 434 g/mol. The van der Waals surface area contributed by atoms with Crippen molar-refractivity contribution in [3.05, 3.63) is 113 Å². The number of amides is 1. The molecule has 4 nitrogen and oxygen atoms in total. The number of halogens is 1. The normalized spacial score (nSPS) is 10.5. The number of ether oxygens (including phenoxy) is 1. The molecule has 0 saturated carbocycles. The first-order valence-corrected chi connectivity index (χ1v) is 11.0. The van der Waals surface area contributed by atoms with Crippen LogP contribution < -0.4 is 5.32 Å². The lowest BCUT2D eigenvalue weighted by atomic mass is 9.99. The second-order valence-corrected chi connectivity index (χ2v) is 7.80. The predicted molar refractivity (Wildman–Crippen MR) is 133 cm³/mol. The number of esters is 1. The van der Waals surface area contributed by atoms with Crippen molar-refractivity contribution in [3.63, 3.8) is 0 Å². The van der Waals surface area contributed by atoms with Crippen LogP contribution in [0.3, 0.4) is 0 Å². The molecule has 0 aliphatic carbocycles. The van der Waals surface area contributed by atoms with Crippen LogP contribution in [0.4, 0.5) is 5.69 Å². The Morgan fingerprint density at radius 2 is 1.45 bits per heavy atom. The van der Waals surface area contributed by atoms with Gasteiger partial charge in [-0.05, 0) is 60.0 Å². The SMILES string of the molecule is CCOC(=O)c1cccc(NC(=O)c2ccc(Cl)c(-c3ccc(-c4ccccc4)cc3)c2)c1. The van der Waals surface area contributed by atoms with E-state index in [9.17, 15) is 9.59 Å². The van der Waals surface area contributed by atoms with Crippen LogP contribution in [-0.4, -0.2) is 18.5 Å². The summed E-state index contributed by atoms with van der Waals surface area (Å²) in [6, 6.07) is 30.0. The Morgan fingerprint density at radius 3 is 2.18 bits per heavy atom. The average Bonchev–Trinajstić information content (AvgIpc) is 2.85. The molecule has 4 aromatic rings. The average molecular weight is 456 g/mol. The number of hydrogen-bond donors (Lipinski definition) is 1. The molecule has 1 N–H and O–H groups in total. The van der Waals surface area contributed by atoms with Crippen LogP contribution in [0, 0.1) is 0 Å². The van der Waals surface area contributed by atoms with Crippen LogP contribution in [0.2, 0.25) is 5.02 Å². The Kier molecular flexibility index (Phi) is 6.86. The summed E-state index contributed by atoms with van der Waals surface area (Å²) >= 11 is 6.45. The number of benzene rings is 4. The molecule has 164 valence electrons. The Balaban J connectivity index is 1.55. The fourth-order valence-corrected chi connectivity index (χ4v) is 3.73. The summed E-state index contributed by atoms with van der Waals surface area (Å²) in [5, 5.41) is 3.39. The molecule has 0 unspecified atom stereocenters. The molecule has 0 saturated heterocycles. The second kappa shape index (κ2) is 10.2. The van der Waals surface area contributed by atoms with Gasteiger partial charge in [0.05, 0.1) is 12.2 Å². The first kappa shape index (κ1) is 22.3. The number of carbonyl (C=O) groups is 2. The van der Waals surface area contributed by atoms with Crippen molar-refractivity contribution in [2.24, 2.45) is 0 Å². The third kappa shape index (κ3) is 5.30. The highest BCUT2D eigenvalue weighted by Gasteiger charge is 2.13. The maximum atomic E-state index is 12.9. The predicted octanol–water partition coefficient (Wildman–Crippen LogP) is 7.10. The fraction of sp³-hybridized carbons (Fsp3) is 0.0714. The molecule has 4 rings (SSSR count). The van der Waals surface area contributed by atoms with Gasteiger partial charge in [0.15, 0.2) is 0 Å². The van der Waals surface area contributed by atoms with E-state index in [1.54, 1.807) is 49.4 Å². The van der Waals surface area contributed by atoms with Crippen molar-refractivity contribution in [2.75, 3.05) is 11.9 Å². The largest absolute Gasteiger partial charge is 0.462 e. The van der Waals surface area contributed by atoms with Gasteiger partial charge in [-0.15, -0.1) is 0 Å². The van der Waals surface area contributed by atoms with E-state index in [1.165, 1.54) is 0 Å². The van der Waals surface area contributed by atoms with Crippen LogP contribution in [0.5, 0.6) is 0 Å². The van der Waals surface area contributed by atoms with Crippen LogP contribution >= 0.6 is 11.6 Å². The molecule has 0 radical (unpaired) electrons. The van der Waals surface area contributed by atoms with E-state index in [2.05, 4.69) is 17.4 Å². The maximum Gasteiger partial charge on any atom is 0.338 e. The van der Waals surface area contributed by atoms with Crippen molar-refractivity contribution < 1.29 is 14.3 Å². The Morgan fingerprint density at radius 1 is 0.758 bits per heavy atom. The van der Waals surface area contributed by atoms with Gasteiger partial charge < -0.3 is 10.1 Å². The molecular formula is C28H22ClNO3. The molecule has 4 aromatic carbocycles. The quantitative estimate of drug-likeness (QED) is 0.315. The van der Waals surface area contributed by atoms with Crippen molar-refractivity contribution in [1.29, 1.82) is 0 Å². The topological polar surface area (TPSA) is 55.4 Å². The van der Waals surface area contributed by atoms with E-state index in [0.717, 1.165) is 22.3 Å². The van der Waals surface area contributed by atoms with Crippen molar-refractivity contribution >= 4 is 29.2 Å². The molecule has 1 amide bonds. The van der Waals surface area contributed by atoms with Gasteiger partial charge in [-0.3, -0.25) is 4.79 Å². The van der Waals surface area contributed by atoms with E-state index >= 15 is 0 Å². The summed E-state index contributed by atoms with van der Waals surface area (Å²) in [5.74, 6) is -0.726. The lowest BCUT2D eigenvalue weighted by Gasteiger charge is -2.11. The summed E-state index contributed by atoms with van der Waals surface area (Å²) < 4.78 is 5.02. The summed E-state index contributed by atoms with van der Waals surface area (Å²) in [6.07, 6.45) is 0. The molecule has 0 spiro atoms. The molecule has 0 atom stereocenters. The highest BCUT2D eigenvalue weighted by Crippen LogP contribution is 2.31. The number of carbonyl (C=O) groups excluding carboxylic acids is 2. The fourth-order valence-electron chi connectivity index (χ4n) is 3.50. The molecule has 5 heteroatoms. The van der Waals surface area contributed by atoms with Crippen LogP contribution in [-0.2, 0) is 4.74 Å². The first-order valence-electron chi connectivity index (χ1n) is 10.6. The summed E-state index contributed by atoms with van der Waals surface area (Å²) in [5.41, 5.74) is 5.27. The van der Waals surface area contributed by atoms with Crippen molar-refractivity contribution in [2.45, 2.75) is 6.92 Å². The van der Waals surface area contributed by atoms with E-state index in [-0.39, 0.29) is 12.5 Å². The maximum absolute atomic E-state index is 12.9. The Bertz CT molecular complexity index is 1280. The standard InChI is InChI=1S/C28H22ClNO3/c1-2-33-28(32)23-9-6-10-24(17-23)30-27(31)22-15-16-26(29)25(18-22)21-13-11-20(12-14-21)19-7-4-3-5-8-19/h3-18H,2H2,1H3,(H,30,31). The van der Waals surface area contributed by atoms with Gasteiger partial charge in [0, 0.05) is 21.8 Å². The summed E-state index contributed by atoms with van der Waals surface area (Å²) in [7, 11) is 0. The summed E-state index contributed by atoms with van der Waals surface area (Å²) in [6.45, 7) is 2.03. The molecule has 33 heavy (non-hydrogen) atoms. The number of hydrogen-bond acceptors (Lipinski definition) is 3. The molecule has 0 bridgehead atoms. The zero-order valence-corrected chi connectivity index (χ0v) is 18.8. The van der Waals surface area contributed by atoms with Crippen LogP contribution in [0.1, 0.15) is 27.6 Å². The molecule has 0 aromatic heterocycles. The van der Waals surface area contributed by atoms with Gasteiger partial charge in [-0.25, -0.2) is 4.79 Å². The number of anilines is 1. The lowest BCUT2D eigenvalue weighted by molar-refractivity contribution is 0.0526. The monoisotopic (exact) mass is 455 g/mol. The van der Waals surface area contributed by atoms with Crippen LogP contribution in [0.15, 0.2) is 97.1 Å². The van der Waals surface area contributed by atoms with E-state index < -0.39 is 5.97 Å². The van der Waals surface area contributed by atoms with Gasteiger partial charge in [0.1, 0.15) is 0 Å². The lowest BCUT2D eigenvalue weighted by Crippen LogP contribution is -2.13. The minimum atomic E-state index is -0.429. The number of nitrogens with one attached hydrogen (secondary N) is 1. The number of rotatable bonds is 6. The van der Waals surface area contributed by atoms with E-state index in [0.29, 0.717) is 21.8 Å². The van der Waals surface area contributed by atoms with Crippen molar-refractivity contribution in [3.8, 4) is 22.3 Å². The summed E-state index contributed by atoms with van der Waals surface area (Å²) in [4.78, 5) is 24.8. The van der Waals surface area contributed by atoms with E-state index in [1.807, 2.05) is 42.5 Å². The zero-order valence-electron chi connectivity index (χ0n) is 18.0. The molecule has 0 fully saturated rings. The van der Waals surface area contributed by atoms with Crippen molar-refractivity contribution in [1.82, 2.24) is 0 Å². The molecule has 0 heterocycles.